The van der Waals surface area contributed by atoms with Gasteiger partial charge in [-0.25, -0.2) is 0 Å². The summed E-state index contributed by atoms with van der Waals surface area (Å²) in [6.07, 6.45) is 5.03. The van der Waals surface area contributed by atoms with E-state index in [2.05, 4.69) is 4.90 Å². The molecule has 2 saturated heterocycles. The molecule has 0 aromatic rings. The lowest BCUT2D eigenvalue weighted by Gasteiger charge is -2.38. The molecule has 0 aliphatic carbocycles. The number of Topliss-reactive ketones (excluding diaryl/α,β-unsaturated/α-hetero) is 1. The third-order valence-electron chi connectivity index (χ3n) is 3.06. The molecule has 1 unspecified atom stereocenters. The van der Waals surface area contributed by atoms with E-state index < -0.39 is 0 Å². The molecule has 2 fully saturated rings. The zero-order valence-electron chi connectivity index (χ0n) is 7.70. The second-order valence-electron chi connectivity index (χ2n) is 3.82. The molecule has 0 spiro atoms. The second-order valence-corrected chi connectivity index (χ2v) is 3.82. The normalized spacial score (nSPS) is 33.4. The average molecular weight is 181 g/mol. The monoisotopic (exact) mass is 181 g/mol. The quantitative estimate of drug-likeness (QED) is 0.451. The van der Waals surface area contributed by atoms with Crippen LogP contribution in [-0.2, 0) is 4.79 Å². The van der Waals surface area contributed by atoms with Gasteiger partial charge in [0.05, 0.1) is 12.3 Å². The fourth-order valence-corrected chi connectivity index (χ4v) is 2.28. The van der Waals surface area contributed by atoms with Crippen LogP contribution in [-0.4, -0.2) is 34.9 Å². The van der Waals surface area contributed by atoms with Gasteiger partial charge in [-0.2, -0.15) is 0 Å². The minimum Gasteiger partial charge on any atom is -0.515 e. The first kappa shape index (κ1) is 8.75. The number of carbonyl (C=O) groups excluding carboxylic acids is 1. The van der Waals surface area contributed by atoms with Crippen LogP contribution in [0.3, 0.4) is 0 Å². The molecule has 0 bridgehead atoms. The number of carbonyl (C=O) groups is 1. The summed E-state index contributed by atoms with van der Waals surface area (Å²) in [6.45, 7) is 1.98. The lowest BCUT2D eigenvalue weighted by Crippen LogP contribution is -2.49. The molecule has 1 N–H and O–H groups in total. The Kier molecular flexibility index (Phi) is 2.36. The van der Waals surface area contributed by atoms with E-state index in [-0.39, 0.29) is 11.8 Å². The summed E-state index contributed by atoms with van der Waals surface area (Å²) in [6, 6.07) is 0.0703. The number of aliphatic hydroxyl groups is 1. The van der Waals surface area contributed by atoms with Gasteiger partial charge in [0, 0.05) is 12.1 Å². The molecule has 0 radical (unpaired) electrons. The summed E-state index contributed by atoms with van der Waals surface area (Å²) < 4.78 is 0. The van der Waals surface area contributed by atoms with Crippen LogP contribution in [0.15, 0.2) is 11.8 Å². The van der Waals surface area contributed by atoms with Crippen molar-refractivity contribution in [2.24, 2.45) is 0 Å². The van der Waals surface area contributed by atoms with Crippen molar-refractivity contribution in [3.63, 3.8) is 0 Å². The largest absolute Gasteiger partial charge is 0.515 e. The van der Waals surface area contributed by atoms with Crippen molar-refractivity contribution in [1.82, 2.24) is 4.90 Å². The van der Waals surface area contributed by atoms with E-state index in [1.54, 1.807) is 0 Å². The third-order valence-corrected chi connectivity index (χ3v) is 3.06. The Morgan fingerprint density at radius 3 is 3.00 bits per heavy atom. The number of ketones is 1. The Morgan fingerprint density at radius 1 is 1.38 bits per heavy atom. The standard InChI is InChI=1S/C10H15NO2/c12-7-8-4-6-11-5-2-1-3-9(11)10(8)13/h7,9,12H,1-6H2. The van der Waals surface area contributed by atoms with Crippen molar-refractivity contribution >= 4 is 5.78 Å². The average Bonchev–Trinajstić information content (AvgIpc) is 2.19. The molecular weight excluding hydrogens is 166 g/mol. The van der Waals surface area contributed by atoms with Crippen LogP contribution in [0.25, 0.3) is 0 Å². The van der Waals surface area contributed by atoms with E-state index in [4.69, 9.17) is 5.11 Å². The van der Waals surface area contributed by atoms with E-state index in [0.29, 0.717) is 12.0 Å². The Balaban J connectivity index is 2.14. The second kappa shape index (κ2) is 3.50. The Labute approximate surface area is 78.0 Å². The van der Waals surface area contributed by atoms with E-state index >= 15 is 0 Å². The molecular formula is C10H15NO2. The molecule has 2 heterocycles. The summed E-state index contributed by atoms with van der Waals surface area (Å²) in [7, 11) is 0. The van der Waals surface area contributed by atoms with Crippen LogP contribution < -0.4 is 0 Å². The SMILES string of the molecule is O=C1C(=CO)CCN2CCCCC12. The molecule has 2 aliphatic rings. The fraction of sp³-hybridized carbons (Fsp3) is 0.700. The number of hydrogen-bond acceptors (Lipinski definition) is 3. The molecule has 3 nitrogen and oxygen atoms in total. The van der Waals surface area contributed by atoms with E-state index in [9.17, 15) is 4.79 Å². The van der Waals surface area contributed by atoms with Crippen molar-refractivity contribution in [3.8, 4) is 0 Å². The van der Waals surface area contributed by atoms with Crippen molar-refractivity contribution in [2.75, 3.05) is 13.1 Å². The van der Waals surface area contributed by atoms with Gasteiger partial charge in [0.1, 0.15) is 0 Å². The molecule has 1 atom stereocenters. The molecule has 72 valence electrons. The zero-order valence-corrected chi connectivity index (χ0v) is 7.70. The van der Waals surface area contributed by atoms with E-state index in [1.807, 2.05) is 0 Å². The van der Waals surface area contributed by atoms with Gasteiger partial charge in [-0.3, -0.25) is 9.69 Å². The Morgan fingerprint density at radius 2 is 2.23 bits per heavy atom. The highest BCUT2D eigenvalue weighted by Crippen LogP contribution is 2.26. The number of piperidine rings is 2. The zero-order chi connectivity index (χ0) is 9.26. The first-order chi connectivity index (χ1) is 6.33. The van der Waals surface area contributed by atoms with Gasteiger partial charge in [0.2, 0.25) is 0 Å². The lowest BCUT2D eigenvalue weighted by atomic mass is 9.89. The highest BCUT2D eigenvalue weighted by molar-refractivity contribution is 6.00. The third kappa shape index (κ3) is 1.48. The van der Waals surface area contributed by atoms with E-state index in [1.165, 1.54) is 6.42 Å². The number of nitrogens with zero attached hydrogens (tertiary/aromatic N) is 1. The first-order valence-corrected chi connectivity index (χ1v) is 4.94. The minimum atomic E-state index is 0.0703. The van der Waals surface area contributed by atoms with Crippen molar-refractivity contribution < 1.29 is 9.90 Å². The number of fused-ring (bicyclic) bond motifs is 1. The van der Waals surface area contributed by atoms with Crippen molar-refractivity contribution in [3.05, 3.63) is 11.8 Å². The Bertz CT molecular complexity index is 247. The number of hydrogen-bond donors (Lipinski definition) is 1. The molecule has 2 rings (SSSR count). The molecule has 0 aromatic carbocycles. The maximum Gasteiger partial charge on any atom is 0.179 e. The summed E-state index contributed by atoms with van der Waals surface area (Å²) in [5, 5.41) is 8.85. The highest BCUT2D eigenvalue weighted by atomic mass is 16.2. The van der Waals surface area contributed by atoms with Crippen LogP contribution in [0.4, 0.5) is 0 Å². The number of aliphatic hydroxyl groups excluding tert-OH is 1. The van der Waals surface area contributed by atoms with Gasteiger partial charge in [-0.15, -0.1) is 0 Å². The van der Waals surface area contributed by atoms with Crippen LogP contribution in [0.2, 0.25) is 0 Å². The predicted octanol–water partition coefficient (Wildman–Crippen LogP) is 1.26. The van der Waals surface area contributed by atoms with Crippen LogP contribution >= 0.6 is 0 Å². The van der Waals surface area contributed by atoms with Gasteiger partial charge < -0.3 is 5.11 Å². The smallest absolute Gasteiger partial charge is 0.179 e. The summed E-state index contributed by atoms with van der Waals surface area (Å²) >= 11 is 0. The van der Waals surface area contributed by atoms with Crippen molar-refractivity contribution in [1.29, 1.82) is 0 Å². The lowest BCUT2D eigenvalue weighted by molar-refractivity contribution is -0.123. The maximum absolute atomic E-state index is 11.7. The maximum atomic E-state index is 11.7. The fourth-order valence-electron chi connectivity index (χ4n) is 2.28. The predicted molar refractivity (Wildman–Crippen MR) is 49.5 cm³/mol. The molecule has 0 aromatic heterocycles. The molecule has 0 saturated carbocycles. The summed E-state index contributed by atoms with van der Waals surface area (Å²) in [5.74, 6) is 0.147. The Hall–Kier alpha value is -0.830. The van der Waals surface area contributed by atoms with Crippen molar-refractivity contribution in [2.45, 2.75) is 31.7 Å². The first-order valence-electron chi connectivity index (χ1n) is 4.94. The minimum absolute atomic E-state index is 0.0703. The van der Waals surface area contributed by atoms with Gasteiger partial charge in [0.15, 0.2) is 5.78 Å². The molecule has 2 aliphatic heterocycles. The molecule has 13 heavy (non-hydrogen) atoms. The van der Waals surface area contributed by atoms with Crippen LogP contribution in [0.1, 0.15) is 25.7 Å². The summed E-state index contributed by atoms with van der Waals surface area (Å²) in [5.41, 5.74) is 0.614. The summed E-state index contributed by atoms with van der Waals surface area (Å²) in [4.78, 5) is 14.0. The van der Waals surface area contributed by atoms with Gasteiger partial charge in [-0.05, 0) is 25.8 Å². The highest BCUT2D eigenvalue weighted by Gasteiger charge is 2.34. The number of rotatable bonds is 0. The molecule has 3 heteroatoms. The van der Waals surface area contributed by atoms with E-state index in [0.717, 1.165) is 32.2 Å². The van der Waals surface area contributed by atoms with Gasteiger partial charge in [0.25, 0.3) is 0 Å². The van der Waals surface area contributed by atoms with Crippen LogP contribution in [0.5, 0.6) is 0 Å². The van der Waals surface area contributed by atoms with Crippen LogP contribution in [0, 0.1) is 0 Å². The molecule has 0 amide bonds. The van der Waals surface area contributed by atoms with Gasteiger partial charge >= 0.3 is 0 Å². The topological polar surface area (TPSA) is 40.5 Å². The van der Waals surface area contributed by atoms with Gasteiger partial charge in [-0.1, -0.05) is 6.42 Å².